The van der Waals surface area contributed by atoms with Crippen molar-refractivity contribution in [3.63, 3.8) is 0 Å². The second-order valence-corrected chi connectivity index (χ2v) is 6.91. The fourth-order valence-corrected chi connectivity index (χ4v) is 2.40. The number of carbonyl (C=O) groups excluding carboxylic acids is 3. The highest BCUT2D eigenvalue weighted by atomic mass is 16.6. The molecule has 2 atom stereocenters. The predicted octanol–water partition coefficient (Wildman–Crippen LogP) is 2.49. The van der Waals surface area contributed by atoms with Gasteiger partial charge in [0.15, 0.2) is 11.9 Å². The van der Waals surface area contributed by atoms with Gasteiger partial charge in [0, 0.05) is 5.56 Å². The standard InChI is InChI=1S/C19H28N2O5/c1-19(2,3)26-18(24)21-15(11-7-8-12-20)16(23)17(25-13-22)14-9-5-4-6-10-14/h4-6,9-10,13,15,17H,7-8,11-12,20H2,1-3H3,(H,21,24)/t15-,17?/m0/s1. The third kappa shape index (κ3) is 7.65. The highest BCUT2D eigenvalue weighted by Gasteiger charge is 2.31. The maximum Gasteiger partial charge on any atom is 0.408 e. The van der Waals surface area contributed by atoms with Crippen LogP contribution in [-0.4, -0.2) is 36.5 Å². The van der Waals surface area contributed by atoms with Crippen LogP contribution in [0.15, 0.2) is 30.3 Å². The summed E-state index contributed by atoms with van der Waals surface area (Å²) in [4.78, 5) is 35.9. The van der Waals surface area contributed by atoms with Crippen LogP contribution in [0.3, 0.4) is 0 Å². The van der Waals surface area contributed by atoms with Gasteiger partial charge in [-0.25, -0.2) is 4.79 Å². The summed E-state index contributed by atoms with van der Waals surface area (Å²) in [5.41, 5.74) is 5.36. The summed E-state index contributed by atoms with van der Waals surface area (Å²) < 4.78 is 10.2. The number of amides is 1. The number of alkyl carbamates (subject to hydrolysis) is 1. The maximum absolute atomic E-state index is 12.9. The highest BCUT2D eigenvalue weighted by molar-refractivity contribution is 5.92. The van der Waals surface area contributed by atoms with Crippen molar-refractivity contribution < 1.29 is 23.9 Å². The van der Waals surface area contributed by atoms with Gasteiger partial charge in [0.1, 0.15) is 5.60 Å². The first-order chi connectivity index (χ1) is 12.3. The van der Waals surface area contributed by atoms with E-state index in [0.717, 1.165) is 0 Å². The molecule has 1 rings (SSSR count). The number of Topliss-reactive ketones (excluding diaryl/α,β-unsaturated/α-hetero) is 1. The van der Waals surface area contributed by atoms with Gasteiger partial charge in [-0.1, -0.05) is 30.3 Å². The van der Waals surface area contributed by atoms with Crippen molar-refractivity contribution in [3.8, 4) is 0 Å². The molecule has 0 aliphatic heterocycles. The van der Waals surface area contributed by atoms with E-state index in [1.54, 1.807) is 51.1 Å². The molecule has 7 nitrogen and oxygen atoms in total. The predicted molar refractivity (Wildman–Crippen MR) is 97.4 cm³/mol. The van der Waals surface area contributed by atoms with Crippen molar-refractivity contribution in [2.24, 2.45) is 5.73 Å². The van der Waals surface area contributed by atoms with Gasteiger partial charge in [-0.3, -0.25) is 9.59 Å². The van der Waals surface area contributed by atoms with Crippen LogP contribution in [0, 0.1) is 0 Å². The van der Waals surface area contributed by atoms with Crippen molar-refractivity contribution >= 4 is 18.3 Å². The molecule has 0 bridgehead atoms. The molecule has 7 heteroatoms. The van der Waals surface area contributed by atoms with Crippen molar-refractivity contribution in [2.45, 2.75) is 57.8 Å². The average Bonchev–Trinajstić information content (AvgIpc) is 2.57. The van der Waals surface area contributed by atoms with Crippen LogP contribution in [0.2, 0.25) is 0 Å². The third-order valence-electron chi connectivity index (χ3n) is 3.53. The van der Waals surface area contributed by atoms with Gasteiger partial charge < -0.3 is 20.5 Å². The van der Waals surface area contributed by atoms with Crippen molar-refractivity contribution in [3.05, 3.63) is 35.9 Å². The lowest BCUT2D eigenvalue weighted by Gasteiger charge is -2.25. The second-order valence-electron chi connectivity index (χ2n) is 6.91. The molecule has 0 heterocycles. The Morgan fingerprint density at radius 3 is 2.38 bits per heavy atom. The van der Waals surface area contributed by atoms with E-state index in [0.29, 0.717) is 31.4 Å². The van der Waals surface area contributed by atoms with Crippen molar-refractivity contribution in [1.82, 2.24) is 5.32 Å². The molecule has 3 N–H and O–H groups in total. The minimum Gasteiger partial charge on any atom is -0.452 e. The van der Waals surface area contributed by atoms with Crippen LogP contribution in [0.4, 0.5) is 4.79 Å². The van der Waals surface area contributed by atoms with E-state index < -0.39 is 29.6 Å². The molecule has 26 heavy (non-hydrogen) atoms. The fourth-order valence-electron chi connectivity index (χ4n) is 2.40. The van der Waals surface area contributed by atoms with E-state index >= 15 is 0 Å². The lowest BCUT2D eigenvalue weighted by Crippen LogP contribution is -2.45. The van der Waals surface area contributed by atoms with E-state index in [1.807, 2.05) is 0 Å². The molecular weight excluding hydrogens is 336 g/mol. The summed E-state index contributed by atoms with van der Waals surface area (Å²) in [5, 5.41) is 2.59. The third-order valence-corrected chi connectivity index (χ3v) is 3.53. The average molecular weight is 364 g/mol. The molecule has 0 radical (unpaired) electrons. The molecule has 1 amide bonds. The van der Waals surface area contributed by atoms with Gasteiger partial charge in [-0.15, -0.1) is 0 Å². The monoisotopic (exact) mass is 364 g/mol. The molecule has 144 valence electrons. The zero-order valence-corrected chi connectivity index (χ0v) is 15.6. The van der Waals surface area contributed by atoms with Gasteiger partial charge in [0.05, 0.1) is 6.04 Å². The number of benzene rings is 1. The number of nitrogens with two attached hydrogens (primary N) is 1. The Morgan fingerprint density at radius 1 is 1.19 bits per heavy atom. The minimum atomic E-state index is -1.09. The van der Waals surface area contributed by atoms with Gasteiger partial charge in [0.2, 0.25) is 0 Å². The van der Waals surface area contributed by atoms with Gasteiger partial charge in [0.25, 0.3) is 6.47 Å². The summed E-state index contributed by atoms with van der Waals surface area (Å²) in [7, 11) is 0. The first-order valence-electron chi connectivity index (χ1n) is 8.66. The fraction of sp³-hybridized carbons (Fsp3) is 0.526. The molecule has 0 spiro atoms. The number of carbonyl (C=O) groups is 3. The summed E-state index contributed by atoms with van der Waals surface area (Å²) >= 11 is 0. The highest BCUT2D eigenvalue weighted by Crippen LogP contribution is 2.21. The molecule has 1 aromatic carbocycles. The SMILES string of the molecule is CC(C)(C)OC(=O)N[C@@H](CCCCN)C(=O)C(OC=O)c1ccccc1. The first kappa shape index (κ1) is 21.6. The molecule has 0 aliphatic carbocycles. The zero-order valence-electron chi connectivity index (χ0n) is 15.6. The molecule has 0 saturated heterocycles. The summed E-state index contributed by atoms with van der Waals surface area (Å²) in [6.07, 6.45) is -0.0516. The normalized spacial score (nSPS) is 13.4. The smallest absolute Gasteiger partial charge is 0.408 e. The van der Waals surface area contributed by atoms with Crippen LogP contribution in [0.25, 0.3) is 0 Å². The second kappa shape index (κ2) is 10.6. The zero-order chi connectivity index (χ0) is 19.6. The Hall–Kier alpha value is -2.41. The van der Waals surface area contributed by atoms with Crippen LogP contribution in [0.1, 0.15) is 51.7 Å². The first-order valence-corrected chi connectivity index (χ1v) is 8.66. The van der Waals surface area contributed by atoms with Gasteiger partial charge in [-0.05, 0) is 46.6 Å². The van der Waals surface area contributed by atoms with E-state index in [1.165, 1.54) is 0 Å². The molecule has 1 aromatic rings. The minimum absolute atomic E-state index is 0.236. The summed E-state index contributed by atoms with van der Waals surface area (Å²) in [5.74, 6) is -0.411. The number of rotatable bonds is 10. The molecule has 0 saturated carbocycles. The van der Waals surface area contributed by atoms with Crippen LogP contribution in [0.5, 0.6) is 0 Å². The van der Waals surface area contributed by atoms with E-state index in [4.69, 9.17) is 15.2 Å². The number of unbranched alkanes of at least 4 members (excludes halogenated alkanes) is 1. The number of hydrogen-bond acceptors (Lipinski definition) is 6. The van der Waals surface area contributed by atoms with Crippen LogP contribution >= 0.6 is 0 Å². The van der Waals surface area contributed by atoms with Crippen LogP contribution < -0.4 is 11.1 Å². The molecule has 0 fully saturated rings. The quantitative estimate of drug-likeness (QED) is 0.488. The lowest BCUT2D eigenvalue weighted by atomic mass is 9.96. The topological polar surface area (TPSA) is 108 Å². The molecule has 1 unspecified atom stereocenters. The maximum atomic E-state index is 12.9. The lowest BCUT2D eigenvalue weighted by molar-refractivity contribution is -0.145. The Balaban J connectivity index is 2.95. The van der Waals surface area contributed by atoms with E-state index in [9.17, 15) is 14.4 Å². The van der Waals surface area contributed by atoms with Crippen LogP contribution in [-0.2, 0) is 19.1 Å². The molecular formula is C19H28N2O5. The van der Waals surface area contributed by atoms with E-state index in [2.05, 4.69) is 5.32 Å². The molecule has 0 aliphatic rings. The summed E-state index contributed by atoms with van der Waals surface area (Å²) in [6, 6.07) is 7.82. The number of nitrogens with one attached hydrogen (secondary N) is 1. The Labute approximate surface area is 154 Å². The number of hydrogen-bond donors (Lipinski definition) is 2. The molecule has 0 aromatic heterocycles. The number of ketones is 1. The number of ether oxygens (including phenoxy) is 2. The van der Waals surface area contributed by atoms with Crippen molar-refractivity contribution in [1.29, 1.82) is 0 Å². The van der Waals surface area contributed by atoms with Gasteiger partial charge in [-0.2, -0.15) is 0 Å². The Kier molecular flexibility index (Phi) is 8.78. The Bertz CT molecular complexity index is 583. The van der Waals surface area contributed by atoms with Gasteiger partial charge >= 0.3 is 6.09 Å². The summed E-state index contributed by atoms with van der Waals surface area (Å²) in [6.45, 7) is 5.93. The van der Waals surface area contributed by atoms with E-state index in [-0.39, 0.29) is 6.47 Å². The van der Waals surface area contributed by atoms with Crippen molar-refractivity contribution in [2.75, 3.05) is 6.54 Å². The Morgan fingerprint density at radius 2 is 1.85 bits per heavy atom. The largest absolute Gasteiger partial charge is 0.452 e.